The molecule has 0 fully saturated rings. The molecule has 0 saturated heterocycles. The summed E-state index contributed by atoms with van der Waals surface area (Å²) in [7, 11) is -14.1. The molecule has 1 aromatic rings. The molecular formula is C9H3F6NO6S2Si. The maximum absolute atomic E-state index is 12.6. The Bertz CT molecular complexity index is 931. The van der Waals surface area contributed by atoms with Gasteiger partial charge in [-0.05, 0) is 6.07 Å². The minimum absolute atomic E-state index is 0.0992. The summed E-state index contributed by atoms with van der Waals surface area (Å²) in [5.74, 6) is -6.42. The molecule has 0 atom stereocenters. The van der Waals surface area contributed by atoms with E-state index in [-0.39, 0.29) is 12.1 Å². The fourth-order valence-electron chi connectivity index (χ4n) is 1.35. The van der Waals surface area contributed by atoms with Crippen LogP contribution in [0.2, 0.25) is 0 Å². The van der Waals surface area contributed by atoms with Gasteiger partial charge in [-0.1, -0.05) is 0 Å². The van der Waals surface area contributed by atoms with Gasteiger partial charge in [-0.25, -0.2) is 8.42 Å². The molecule has 1 rings (SSSR count). The van der Waals surface area contributed by atoms with Gasteiger partial charge >= 0.3 is 21.1 Å². The van der Waals surface area contributed by atoms with Crippen LogP contribution in [0.4, 0.5) is 26.3 Å². The Kier molecular flexibility index (Phi) is 5.49. The molecule has 0 unspecified atom stereocenters. The molecule has 1 N–H and O–H groups in total. The Morgan fingerprint density at radius 3 is 1.96 bits per heavy atom. The molecule has 0 bridgehead atoms. The van der Waals surface area contributed by atoms with E-state index in [0.29, 0.717) is 0 Å². The lowest BCUT2D eigenvalue weighted by molar-refractivity contribution is -0.0548. The number of benzene rings is 1. The Morgan fingerprint density at radius 2 is 1.60 bits per heavy atom. The minimum Gasteiger partial charge on any atom is -0.532 e. The second-order valence-electron chi connectivity index (χ2n) is 4.03. The van der Waals surface area contributed by atoms with Gasteiger partial charge in [0.1, 0.15) is 17.4 Å². The lowest BCUT2D eigenvalue weighted by Gasteiger charge is -2.15. The number of nitrogens with zero attached hydrogens (tertiary/aromatic N) is 1. The molecule has 0 aromatic heterocycles. The van der Waals surface area contributed by atoms with Gasteiger partial charge in [0.2, 0.25) is 0 Å². The fraction of sp³-hybridized carbons (Fsp3) is 0.222. The number of hydrogen-bond acceptors (Lipinski definition) is 6. The predicted octanol–water partition coefficient (Wildman–Crippen LogP) is 1.62. The van der Waals surface area contributed by atoms with E-state index in [1.165, 1.54) is 0 Å². The highest BCUT2D eigenvalue weighted by molar-refractivity contribution is 7.92. The molecule has 0 spiro atoms. The van der Waals surface area contributed by atoms with Gasteiger partial charge in [-0.3, -0.25) is 4.55 Å². The van der Waals surface area contributed by atoms with E-state index >= 15 is 0 Å². The lowest BCUT2D eigenvalue weighted by atomic mass is 10.2. The quantitative estimate of drug-likeness (QED) is 0.440. The molecule has 0 aliphatic heterocycles. The summed E-state index contributed by atoms with van der Waals surface area (Å²) in [6.45, 7) is 0. The Balaban J connectivity index is 3.81. The van der Waals surface area contributed by atoms with Crippen molar-refractivity contribution in [2.75, 3.05) is 0 Å². The van der Waals surface area contributed by atoms with E-state index in [9.17, 15) is 43.2 Å². The van der Waals surface area contributed by atoms with Crippen LogP contribution in [0.25, 0.3) is 0 Å². The van der Waals surface area contributed by atoms with Gasteiger partial charge in [0.25, 0.3) is 20.0 Å². The first-order chi connectivity index (χ1) is 11.0. The zero-order chi connectivity index (χ0) is 19.8. The van der Waals surface area contributed by atoms with Crippen LogP contribution in [-0.4, -0.2) is 42.5 Å². The Hall–Kier alpha value is -1.83. The van der Waals surface area contributed by atoms with E-state index in [1.807, 2.05) is 0 Å². The summed E-state index contributed by atoms with van der Waals surface area (Å²) in [6.07, 6.45) is 0. The normalized spacial score (nSPS) is 13.4. The van der Waals surface area contributed by atoms with Gasteiger partial charge in [0.15, 0.2) is 0 Å². The standard InChI is InChI=1S/C9H3F6NO6S2Si/c10-8(11,12)23(17,18)7-2-4(24(19,20)21)1-6(5(7)3-16)22-25-9(13,14)15/h1-2H,(H,19,20,21). The number of rotatable bonds is 4. The maximum Gasteiger partial charge on any atom is 0.501 e. The first-order valence-corrected chi connectivity index (χ1v) is 9.21. The average Bonchev–Trinajstić information content (AvgIpc) is 2.40. The molecule has 0 heterocycles. The van der Waals surface area contributed by atoms with Crippen LogP contribution in [0.3, 0.4) is 0 Å². The van der Waals surface area contributed by atoms with E-state index in [2.05, 4.69) is 4.43 Å². The van der Waals surface area contributed by atoms with Crippen LogP contribution in [0.1, 0.15) is 5.56 Å². The van der Waals surface area contributed by atoms with Crippen molar-refractivity contribution < 1.29 is 52.2 Å². The van der Waals surface area contributed by atoms with Crippen LogP contribution < -0.4 is 4.43 Å². The Labute approximate surface area is 138 Å². The lowest BCUT2D eigenvalue weighted by Crippen LogP contribution is -2.26. The van der Waals surface area contributed by atoms with Gasteiger partial charge < -0.3 is 4.43 Å². The first kappa shape index (κ1) is 21.2. The Morgan fingerprint density at radius 1 is 1.08 bits per heavy atom. The minimum atomic E-state index is -6.33. The van der Waals surface area contributed by atoms with Gasteiger partial charge in [-0.15, -0.1) is 0 Å². The van der Waals surface area contributed by atoms with Crippen molar-refractivity contribution in [3.63, 3.8) is 0 Å². The van der Waals surface area contributed by atoms with Gasteiger partial charge in [0.05, 0.1) is 9.79 Å². The number of hydrogen-bond donors (Lipinski definition) is 1. The monoisotopic (exact) mass is 427 g/mol. The number of halogens is 6. The molecule has 1 aromatic carbocycles. The van der Waals surface area contributed by atoms with E-state index in [1.54, 1.807) is 0 Å². The molecule has 0 aliphatic rings. The highest BCUT2D eigenvalue weighted by atomic mass is 32.2. The third-order valence-corrected chi connectivity index (χ3v) is 5.22. The largest absolute Gasteiger partial charge is 0.532 e. The highest BCUT2D eigenvalue weighted by Gasteiger charge is 2.49. The van der Waals surface area contributed by atoms with Crippen LogP contribution in [0.5, 0.6) is 5.75 Å². The van der Waals surface area contributed by atoms with Crippen LogP contribution in [-0.2, 0) is 20.0 Å². The zero-order valence-corrected chi connectivity index (χ0v) is 13.8. The molecule has 2 radical (unpaired) electrons. The summed E-state index contributed by atoms with van der Waals surface area (Å²) in [5.41, 5.74) is -7.50. The molecule has 16 heteroatoms. The van der Waals surface area contributed by atoms with E-state index in [4.69, 9.17) is 9.81 Å². The zero-order valence-electron chi connectivity index (χ0n) is 11.2. The molecule has 0 saturated carbocycles. The maximum atomic E-state index is 12.6. The summed E-state index contributed by atoms with van der Waals surface area (Å²) < 4.78 is 132. The smallest absolute Gasteiger partial charge is 0.501 e. The summed E-state index contributed by atoms with van der Waals surface area (Å²) >= 11 is 0. The first-order valence-electron chi connectivity index (χ1n) is 5.38. The molecule has 25 heavy (non-hydrogen) atoms. The van der Waals surface area contributed by atoms with Gasteiger partial charge in [0, 0.05) is 6.07 Å². The number of nitriles is 1. The van der Waals surface area contributed by atoms with Crippen molar-refractivity contribution in [3.8, 4) is 11.8 Å². The van der Waals surface area contributed by atoms with Crippen molar-refractivity contribution in [1.82, 2.24) is 0 Å². The third-order valence-electron chi connectivity index (χ3n) is 2.32. The number of sulfone groups is 1. The van der Waals surface area contributed by atoms with E-state index < -0.39 is 62.1 Å². The van der Waals surface area contributed by atoms with E-state index in [0.717, 1.165) is 6.07 Å². The fourth-order valence-corrected chi connectivity index (χ4v) is 3.29. The summed E-state index contributed by atoms with van der Waals surface area (Å²) in [5, 5.41) is 8.80. The molecule has 0 aliphatic carbocycles. The van der Waals surface area contributed by atoms with Crippen molar-refractivity contribution in [2.24, 2.45) is 0 Å². The topological polar surface area (TPSA) is 122 Å². The molecule has 0 amide bonds. The molecular weight excluding hydrogens is 424 g/mol. The number of alkyl halides is 6. The summed E-state index contributed by atoms with van der Waals surface area (Å²) in [4.78, 5) is -3.48. The molecule has 7 nitrogen and oxygen atoms in total. The van der Waals surface area contributed by atoms with Crippen molar-refractivity contribution in [3.05, 3.63) is 17.7 Å². The summed E-state index contributed by atoms with van der Waals surface area (Å²) in [6, 6.07) is 0.805. The van der Waals surface area contributed by atoms with Crippen LogP contribution >= 0.6 is 0 Å². The highest BCUT2D eigenvalue weighted by Crippen LogP contribution is 2.37. The SMILES string of the molecule is N#Cc1c(O[Si]C(F)(F)F)cc(S(=O)(=O)O)cc1S(=O)(=O)C(F)(F)F. The second-order valence-corrected chi connectivity index (χ2v) is 8.34. The van der Waals surface area contributed by atoms with Crippen molar-refractivity contribution in [1.29, 1.82) is 5.26 Å². The van der Waals surface area contributed by atoms with Crippen LogP contribution in [0, 0.1) is 11.3 Å². The second kappa shape index (κ2) is 6.47. The van der Waals surface area contributed by atoms with Crippen LogP contribution in [0.15, 0.2) is 21.9 Å². The average molecular weight is 427 g/mol. The van der Waals surface area contributed by atoms with Crippen molar-refractivity contribution >= 4 is 29.7 Å². The van der Waals surface area contributed by atoms with Gasteiger partial charge in [-0.2, -0.15) is 40.0 Å². The predicted molar refractivity (Wildman–Crippen MR) is 66.6 cm³/mol. The van der Waals surface area contributed by atoms with Crippen molar-refractivity contribution in [2.45, 2.75) is 21.1 Å². The molecule has 138 valence electrons. The third kappa shape index (κ3) is 4.84.